The highest BCUT2D eigenvalue weighted by molar-refractivity contribution is 5.30. The van der Waals surface area contributed by atoms with Gasteiger partial charge in [-0.1, -0.05) is 19.3 Å². The topological polar surface area (TPSA) is 41.1 Å². The van der Waals surface area contributed by atoms with Crippen molar-refractivity contribution in [3.8, 4) is 0 Å². The number of anilines is 1. The molecule has 0 amide bonds. The normalized spacial score (nSPS) is 20.9. The summed E-state index contributed by atoms with van der Waals surface area (Å²) in [5.74, 6) is 0.902. The molecule has 0 radical (unpaired) electrons. The SMILES string of the molecule is c1nc(N2CCCC2)ncc1CNC1CCCCC1. The average molecular weight is 260 g/mol. The monoisotopic (exact) mass is 260 g/mol. The highest BCUT2D eigenvalue weighted by atomic mass is 15.3. The van der Waals surface area contributed by atoms with Gasteiger partial charge in [0.05, 0.1) is 0 Å². The van der Waals surface area contributed by atoms with E-state index in [1.807, 2.05) is 12.4 Å². The van der Waals surface area contributed by atoms with Crippen molar-refractivity contribution in [3.05, 3.63) is 18.0 Å². The summed E-state index contributed by atoms with van der Waals surface area (Å²) < 4.78 is 0. The van der Waals surface area contributed by atoms with Crippen molar-refractivity contribution in [1.82, 2.24) is 15.3 Å². The van der Waals surface area contributed by atoms with Crippen LogP contribution in [0.1, 0.15) is 50.5 Å². The minimum atomic E-state index is 0.701. The summed E-state index contributed by atoms with van der Waals surface area (Å²) in [6, 6.07) is 0.701. The Labute approximate surface area is 115 Å². The van der Waals surface area contributed by atoms with Gasteiger partial charge in [-0.2, -0.15) is 0 Å². The highest BCUT2D eigenvalue weighted by Gasteiger charge is 2.15. The summed E-state index contributed by atoms with van der Waals surface area (Å²) in [6.07, 6.45) is 13.3. The van der Waals surface area contributed by atoms with E-state index in [2.05, 4.69) is 20.2 Å². The first kappa shape index (κ1) is 12.9. The maximum atomic E-state index is 4.50. The molecule has 104 valence electrons. The van der Waals surface area contributed by atoms with Crippen LogP contribution in [0.15, 0.2) is 12.4 Å². The Hall–Kier alpha value is -1.16. The third kappa shape index (κ3) is 3.44. The molecule has 1 N–H and O–H groups in total. The van der Waals surface area contributed by atoms with Gasteiger partial charge in [-0.05, 0) is 25.7 Å². The zero-order chi connectivity index (χ0) is 12.9. The second kappa shape index (κ2) is 6.33. The molecule has 0 unspecified atom stereocenters. The lowest BCUT2D eigenvalue weighted by molar-refractivity contribution is 0.372. The van der Waals surface area contributed by atoms with Crippen LogP contribution in [0.25, 0.3) is 0 Å². The lowest BCUT2D eigenvalue weighted by Crippen LogP contribution is -2.30. The molecule has 1 aliphatic heterocycles. The van der Waals surface area contributed by atoms with E-state index in [1.54, 1.807) is 0 Å². The summed E-state index contributed by atoms with van der Waals surface area (Å²) in [7, 11) is 0. The molecule has 0 atom stereocenters. The van der Waals surface area contributed by atoms with Crippen LogP contribution in [0.4, 0.5) is 5.95 Å². The largest absolute Gasteiger partial charge is 0.341 e. The number of nitrogens with one attached hydrogen (secondary N) is 1. The molecule has 1 aliphatic carbocycles. The molecule has 1 saturated heterocycles. The fraction of sp³-hybridized carbons (Fsp3) is 0.733. The summed E-state index contributed by atoms with van der Waals surface area (Å²) in [4.78, 5) is 11.3. The van der Waals surface area contributed by atoms with Crippen LogP contribution in [0.3, 0.4) is 0 Å². The zero-order valence-electron chi connectivity index (χ0n) is 11.6. The molecule has 2 aliphatic rings. The van der Waals surface area contributed by atoms with Crippen molar-refractivity contribution in [2.45, 2.75) is 57.5 Å². The number of hydrogen-bond acceptors (Lipinski definition) is 4. The molecule has 1 aromatic heterocycles. The third-order valence-electron chi connectivity index (χ3n) is 4.28. The zero-order valence-corrected chi connectivity index (χ0v) is 11.6. The molecule has 0 bridgehead atoms. The average Bonchev–Trinajstić information content (AvgIpc) is 3.01. The van der Waals surface area contributed by atoms with E-state index in [9.17, 15) is 0 Å². The predicted molar refractivity (Wildman–Crippen MR) is 77.2 cm³/mol. The molecule has 0 aromatic carbocycles. The van der Waals surface area contributed by atoms with Crippen molar-refractivity contribution in [2.75, 3.05) is 18.0 Å². The van der Waals surface area contributed by atoms with E-state index in [0.717, 1.165) is 25.6 Å². The Morgan fingerprint density at radius 3 is 2.37 bits per heavy atom. The highest BCUT2D eigenvalue weighted by Crippen LogP contribution is 2.18. The maximum Gasteiger partial charge on any atom is 0.225 e. The second-order valence-corrected chi connectivity index (χ2v) is 5.80. The molecule has 4 nitrogen and oxygen atoms in total. The van der Waals surface area contributed by atoms with Gasteiger partial charge in [0.2, 0.25) is 5.95 Å². The van der Waals surface area contributed by atoms with Gasteiger partial charge in [-0.25, -0.2) is 9.97 Å². The van der Waals surface area contributed by atoms with E-state index in [0.29, 0.717) is 6.04 Å². The molecular weight excluding hydrogens is 236 g/mol. The quantitative estimate of drug-likeness (QED) is 0.903. The van der Waals surface area contributed by atoms with Crippen LogP contribution in [0, 0.1) is 0 Å². The van der Waals surface area contributed by atoms with Crippen molar-refractivity contribution >= 4 is 5.95 Å². The first-order valence-corrected chi connectivity index (χ1v) is 7.71. The number of nitrogens with zero attached hydrogens (tertiary/aromatic N) is 3. The Morgan fingerprint density at radius 2 is 1.68 bits per heavy atom. The standard InChI is InChI=1S/C15H24N4/c1-2-6-14(7-3-1)16-10-13-11-17-15(18-12-13)19-8-4-5-9-19/h11-12,14,16H,1-10H2. The van der Waals surface area contributed by atoms with Crippen molar-refractivity contribution < 1.29 is 0 Å². The first-order valence-electron chi connectivity index (χ1n) is 7.71. The second-order valence-electron chi connectivity index (χ2n) is 5.80. The van der Waals surface area contributed by atoms with Crippen LogP contribution < -0.4 is 10.2 Å². The maximum absolute atomic E-state index is 4.50. The smallest absolute Gasteiger partial charge is 0.225 e. The predicted octanol–water partition coefficient (Wildman–Crippen LogP) is 2.50. The van der Waals surface area contributed by atoms with Crippen LogP contribution in [-0.2, 0) is 6.54 Å². The number of rotatable bonds is 4. The lowest BCUT2D eigenvalue weighted by Gasteiger charge is -2.22. The molecule has 1 saturated carbocycles. The van der Waals surface area contributed by atoms with E-state index in [-0.39, 0.29) is 0 Å². The molecule has 4 heteroatoms. The third-order valence-corrected chi connectivity index (χ3v) is 4.28. The molecule has 1 aromatic rings. The summed E-state index contributed by atoms with van der Waals surface area (Å²) >= 11 is 0. The summed E-state index contributed by atoms with van der Waals surface area (Å²) in [5, 5.41) is 3.63. The van der Waals surface area contributed by atoms with Gasteiger partial charge < -0.3 is 10.2 Å². The Bertz CT molecular complexity index is 378. The Kier molecular flexibility index (Phi) is 4.28. The Morgan fingerprint density at radius 1 is 1.00 bits per heavy atom. The minimum Gasteiger partial charge on any atom is -0.341 e. The fourth-order valence-corrected chi connectivity index (χ4v) is 3.09. The van der Waals surface area contributed by atoms with Crippen molar-refractivity contribution in [2.24, 2.45) is 0 Å². The first-order chi connectivity index (χ1) is 9.42. The van der Waals surface area contributed by atoms with E-state index >= 15 is 0 Å². The molecule has 2 heterocycles. The van der Waals surface area contributed by atoms with Gasteiger partial charge in [-0.3, -0.25) is 0 Å². The van der Waals surface area contributed by atoms with Gasteiger partial charge in [0, 0.05) is 43.6 Å². The molecular formula is C15H24N4. The summed E-state index contributed by atoms with van der Waals surface area (Å²) in [5.41, 5.74) is 1.20. The van der Waals surface area contributed by atoms with Crippen LogP contribution in [0.2, 0.25) is 0 Å². The minimum absolute atomic E-state index is 0.701. The summed E-state index contributed by atoms with van der Waals surface area (Å²) in [6.45, 7) is 3.13. The van der Waals surface area contributed by atoms with Gasteiger partial charge in [0.1, 0.15) is 0 Å². The van der Waals surface area contributed by atoms with E-state index in [4.69, 9.17) is 0 Å². The van der Waals surface area contributed by atoms with E-state index < -0.39 is 0 Å². The van der Waals surface area contributed by atoms with Crippen LogP contribution >= 0.6 is 0 Å². The van der Waals surface area contributed by atoms with Gasteiger partial charge in [-0.15, -0.1) is 0 Å². The van der Waals surface area contributed by atoms with Crippen LogP contribution in [0.5, 0.6) is 0 Å². The van der Waals surface area contributed by atoms with Gasteiger partial charge in [0.15, 0.2) is 0 Å². The van der Waals surface area contributed by atoms with Crippen molar-refractivity contribution in [1.29, 1.82) is 0 Å². The van der Waals surface area contributed by atoms with Crippen LogP contribution in [-0.4, -0.2) is 29.1 Å². The Balaban J connectivity index is 1.50. The lowest BCUT2D eigenvalue weighted by atomic mass is 9.95. The fourth-order valence-electron chi connectivity index (χ4n) is 3.09. The van der Waals surface area contributed by atoms with E-state index in [1.165, 1.54) is 50.5 Å². The molecule has 2 fully saturated rings. The van der Waals surface area contributed by atoms with Crippen molar-refractivity contribution in [3.63, 3.8) is 0 Å². The molecule has 19 heavy (non-hydrogen) atoms. The van der Waals surface area contributed by atoms with Gasteiger partial charge >= 0.3 is 0 Å². The molecule has 0 spiro atoms. The number of aromatic nitrogens is 2. The van der Waals surface area contributed by atoms with Gasteiger partial charge in [0.25, 0.3) is 0 Å². The number of hydrogen-bond donors (Lipinski definition) is 1. The molecule has 3 rings (SSSR count).